The number of benzene rings is 9. The van der Waals surface area contributed by atoms with E-state index in [0.29, 0.717) is 0 Å². The molecule has 258 valence electrons. The lowest BCUT2D eigenvalue weighted by atomic mass is 9.85. The predicted octanol–water partition coefficient (Wildman–Crippen LogP) is 16.3. The first-order valence-electron chi connectivity index (χ1n) is 18.8. The summed E-state index contributed by atoms with van der Waals surface area (Å²) in [5, 5.41) is 11.6. The minimum absolute atomic E-state index is 1.22. The van der Waals surface area contributed by atoms with E-state index in [0.717, 1.165) is 0 Å². The summed E-state index contributed by atoms with van der Waals surface area (Å²) >= 11 is 3.73. The van der Waals surface area contributed by atoms with E-state index in [9.17, 15) is 0 Å². The van der Waals surface area contributed by atoms with Crippen LogP contribution in [0.2, 0.25) is 0 Å². The molecule has 0 bridgehead atoms. The van der Waals surface area contributed by atoms with Gasteiger partial charge in [-0.2, -0.15) is 0 Å². The van der Waals surface area contributed by atoms with Crippen molar-refractivity contribution in [2.24, 2.45) is 0 Å². The largest absolute Gasteiger partial charge is 0.135 e. The van der Waals surface area contributed by atoms with Crippen LogP contribution < -0.4 is 0 Å². The van der Waals surface area contributed by atoms with Crippen molar-refractivity contribution in [2.45, 2.75) is 6.92 Å². The summed E-state index contributed by atoms with van der Waals surface area (Å²) in [7, 11) is 0. The van der Waals surface area contributed by atoms with Crippen molar-refractivity contribution >= 4 is 91.3 Å². The van der Waals surface area contributed by atoms with Gasteiger partial charge in [0, 0.05) is 40.7 Å². The molecule has 0 spiro atoms. The Morgan fingerprint density at radius 1 is 0.400 bits per heavy atom. The lowest BCUT2D eigenvalue weighted by molar-refractivity contribution is 1.55. The molecule has 2 heteroatoms. The predicted molar refractivity (Wildman–Crippen MR) is 244 cm³/mol. The van der Waals surface area contributed by atoms with Crippen LogP contribution >= 0.6 is 22.7 Å². The molecule has 0 aliphatic heterocycles. The van der Waals surface area contributed by atoms with Crippen LogP contribution in [0.1, 0.15) is 10.4 Å². The molecule has 11 rings (SSSR count). The third-order valence-corrected chi connectivity index (χ3v) is 13.9. The second kappa shape index (κ2) is 12.6. The fourth-order valence-electron chi connectivity index (χ4n) is 8.85. The maximum Gasteiger partial charge on any atom is 0.0390 e. The van der Waals surface area contributed by atoms with Gasteiger partial charge in [0.2, 0.25) is 0 Å². The van der Waals surface area contributed by atoms with Gasteiger partial charge in [0.15, 0.2) is 0 Å². The van der Waals surface area contributed by atoms with Gasteiger partial charge in [-0.15, -0.1) is 22.7 Å². The molecule has 9 aromatic carbocycles. The Labute approximate surface area is 327 Å². The Bertz CT molecular complexity index is 3280. The molecule has 11 aromatic rings. The highest BCUT2D eigenvalue weighted by Gasteiger charge is 2.19. The Hall–Kier alpha value is -6.32. The highest BCUT2D eigenvalue weighted by atomic mass is 32.1. The monoisotopic (exact) mass is 734 g/mol. The highest BCUT2D eigenvalue weighted by molar-refractivity contribution is 7.26. The molecule has 0 atom stereocenters. The van der Waals surface area contributed by atoms with Gasteiger partial charge in [-0.25, -0.2) is 0 Å². The zero-order valence-electron chi connectivity index (χ0n) is 30.3. The van der Waals surface area contributed by atoms with Crippen molar-refractivity contribution in [3.05, 3.63) is 187 Å². The molecule has 0 unspecified atom stereocenters. The summed E-state index contributed by atoms with van der Waals surface area (Å²) < 4.78 is 3.99. The molecule has 0 aliphatic carbocycles. The highest BCUT2D eigenvalue weighted by Crippen LogP contribution is 2.47. The van der Waals surface area contributed by atoms with Crippen molar-refractivity contribution in [3.63, 3.8) is 0 Å². The Kier molecular flexibility index (Phi) is 7.38. The molecule has 0 amide bonds. The first-order valence-corrected chi connectivity index (χ1v) is 20.4. The van der Waals surface area contributed by atoms with Gasteiger partial charge in [0.05, 0.1) is 0 Å². The van der Waals surface area contributed by atoms with E-state index in [1.165, 1.54) is 118 Å². The van der Waals surface area contributed by atoms with Crippen molar-refractivity contribution in [2.75, 3.05) is 0 Å². The van der Waals surface area contributed by atoms with E-state index in [2.05, 4.69) is 183 Å². The number of aryl methyl sites for hydroxylation is 1. The third-order valence-electron chi connectivity index (χ3n) is 11.4. The Morgan fingerprint density at radius 2 is 0.945 bits per heavy atom. The lowest BCUT2D eigenvalue weighted by Gasteiger charge is -2.18. The normalized spacial score (nSPS) is 11.8. The molecule has 0 saturated carbocycles. The fraction of sp³-hybridized carbons (Fsp3) is 0.0189. The number of hydrogen-bond donors (Lipinski definition) is 0. The first kappa shape index (κ1) is 32.1. The summed E-state index contributed by atoms with van der Waals surface area (Å²) in [5.74, 6) is 0. The van der Waals surface area contributed by atoms with Crippen LogP contribution in [0.15, 0.2) is 176 Å². The van der Waals surface area contributed by atoms with Crippen molar-refractivity contribution in [3.8, 4) is 44.5 Å². The van der Waals surface area contributed by atoms with Crippen LogP contribution in [-0.4, -0.2) is 0 Å². The summed E-state index contributed by atoms with van der Waals surface area (Å²) in [6.07, 6.45) is 2.03. The SMILES string of the molecule is C=Cc1sc2cc(-c3ccc4cc(-c5c6ccccc6c(-c6ccccc6)c6ccccc56)ccc4c3)ccc2c1-c1ccc2c(sc3ccccc32)c1C. The number of fused-ring (bicyclic) bond motifs is 7. The summed E-state index contributed by atoms with van der Waals surface area (Å²) in [5.41, 5.74) is 11.4. The molecule has 2 heterocycles. The van der Waals surface area contributed by atoms with Gasteiger partial charge in [-0.1, -0.05) is 158 Å². The van der Waals surface area contributed by atoms with E-state index in [4.69, 9.17) is 0 Å². The van der Waals surface area contributed by atoms with E-state index in [1.807, 2.05) is 28.7 Å². The molecule has 0 fully saturated rings. The number of thiophene rings is 2. The van der Waals surface area contributed by atoms with E-state index >= 15 is 0 Å². The van der Waals surface area contributed by atoms with Gasteiger partial charge in [-0.05, 0) is 108 Å². The molecule has 0 aliphatic rings. The van der Waals surface area contributed by atoms with E-state index in [-0.39, 0.29) is 0 Å². The summed E-state index contributed by atoms with van der Waals surface area (Å²) in [6, 6.07) is 62.8. The topological polar surface area (TPSA) is 0 Å². The minimum Gasteiger partial charge on any atom is -0.135 e. The summed E-state index contributed by atoms with van der Waals surface area (Å²) in [4.78, 5) is 1.22. The van der Waals surface area contributed by atoms with Crippen molar-refractivity contribution < 1.29 is 0 Å². The fourth-order valence-corrected chi connectivity index (χ4v) is 11.2. The zero-order chi connectivity index (χ0) is 36.6. The van der Waals surface area contributed by atoms with E-state index < -0.39 is 0 Å². The van der Waals surface area contributed by atoms with Crippen LogP contribution in [-0.2, 0) is 0 Å². The number of hydrogen-bond acceptors (Lipinski definition) is 2. The van der Waals surface area contributed by atoms with E-state index in [1.54, 1.807) is 0 Å². The van der Waals surface area contributed by atoms with Crippen molar-refractivity contribution in [1.29, 1.82) is 0 Å². The second-order valence-electron chi connectivity index (χ2n) is 14.5. The first-order chi connectivity index (χ1) is 27.1. The standard InChI is InChI=1S/C53H34S2/c1-3-47-52(39-27-28-45-40-15-11-12-20-48(40)55-53(45)32(39)2)46-26-25-37(31-49(46)54-47)35-21-22-36-30-38(24-23-34(36)29-35)51-43-18-9-7-16-41(43)50(33-13-5-4-6-14-33)42-17-8-10-19-44(42)51/h3-31H,1H2,2H3. The molecule has 2 aromatic heterocycles. The van der Waals surface area contributed by atoms with Crippen LogP contribution in [0.25, 0.3) is 113 Å². The molecule has 0 N–H and O–H groups in total. The summed E-state index contributed by atoms with van der Waals surface area (Å²) in [6.45, 7) is 6.53. The molecule has 0 saturated heterocycles. The molecular weight excluding hydrogens is 701 g/mol. The zero-order valence-corrected chi connectivity index (χ0v) is 31.9. The molecular formula is C53H34S2. The van der Waals surface area contributed by atoms with Gasteiger partial charge in [-0.3, -0.25) is 0 Å². The van der Waals surface area contributed by atoms with Crippen LogP contribution in [0, 0.1) is 6.92 Å². The van der Waals surface area contributed by atoms with Gasteiger partial charge >= 0.3 is 0 Å². The third kappa shape index (κ3) is 5.03. The molecule has 55 heavy (non-hydrogen) atoms. The smallest absolute Gasteiger partial charge is 0.0390 e. The van der Waals surface area contributed by atoms with Crippen LogP contribution in [0.3, 0.4) is 0 Å². The van der Waals surface area contributed by atoms with Gasteiger partial charge < -0.3 is 0 Å². The average molecular weight is 735 g/mol. The van der Waals surface area contributed by atoms with Crippen LogP contribution in [0.4, 0.5) is 0 Å². The number of rotatable bonds is 5. The van der Waals surface area contributed by atoms with Gasteiger partial charge in [0.1, 0.15) is 0 Å². The second-order valence-corrected chi connectivity index (χ2v) is 16.6. The Balaban J connectivity index is 1.00. The van der Waals surface area contributed by atoms with Crippen molar-refractivity contribution in [1.82, 2.24) is 0 Å². The minimum atomic E-state index is 1.22. The maximum absolute atomic E-state index is 4.25. The maximum atomic E-state index is 4.25. The quantitative estimate of drug-likeness (QED) is 0.154. The van der Waals surface area contributed by atoms with Crippen LogP contribution in [0.5, 0.6) is 0 Å². The average Bonchev–Trinajstić information content (AvgIpc) is 3.81. The Morgan fingerprint density at radius 3 is 1.64 bits per heavy atom. The molecule has 0 radical (unpaired) electrons. The molecule has 0 nitrogen and oxygen atoms in total. The van der Waals surface area contributed by atoms with Gasteiger partial charge in [0.25, 0.3) is 0 Å². The lowest BCUT2D eigenvalue weighted by Crippen LogP contribution is -1.90.